The molecular weight excluding hydrogens is 394 g/mol. The van der Waals surface area contributed by atoms with Crippen molar-refractivity contribution in [3.8, 4) is 5.82 Å². The number of nitrogens with zero attached hydrogens (tertiary/aromatic N) is 4. The number of nitrogens with one attached hydrogen (secondary N) is 1. The maximum atomic E-state index is 5.62. The fourth-order valence-electron chi connectivity index (χ4n) is 3.36. The minimum absolute atomic E-state index is 0.0193. The van der Waals surface area contributed by atoms with Crippen LogP contribution >= 0.6 is 15.9 Å². The normalized spacial score (nSPS) is 16.3. The first-order valence-electron chi connectivity index (χ1n) is 8.65. The monoisotopic (exact) mass is 413 g/mol. The van der Waals surface area contributed by atoms with Gasteiger partial charge in [-0.25, -0.2) is 9.67 Å². The molecule has 0 aliphatic carbocycles. The lowest BCUT2D eigenvalue weighted by Gasteiger charge is -2.38. The molecule has 1 aliphatic heterocycles. The van der Waals surface area contributed by atoms with Gasteiger partial charge in [-0.15, -0.1) is 0 Å². The highest BCUT2D eigenvalue weighted by molar-refractivity contribution is 9.10. The van der Waals surface area contributed by atoms with Crippen LogP contribution in [0.3, 0.4) is 0 Å². The van der Waals surface area contributed by atoms with Crippen molar-refractivity contribution >= 4 is 21.7 Å². The smallest absolute Gasteiger partial charge is 0.173 e. The van der Waals surface area contributed by atoms with E-state index in [9.17, 15) is 0 Å². The van der Waals surface area contributed by atoms with Gasteiger partial charge in [-0.2, -0.15) is 5.10 Å². The highest BCUT2D eigenvalue weighted by Gasteiger charge is 2.34. The van der Waals surface area contributed by atoms with E-state index in [0.717, 1.165) is 42.9 Å². The van der Waals surface area contributed by atoms with Crippen LogP contribution in [0.2, 0.25) is 0 Å². The Morgan fingerprint density at radius 3 is 2.85 bits per heavy atom. The number of aromatic nitrogens is 4. The lowest BCUT2D eigenvalue weighted by atomic mass is 9.74. The standard InChI is InChI=1S/C19H20BrN5O/c20-16-4-1-3-15(11-16)19(5-9-26-10-6-19)14-22-17-12-21-13-18(24-17)25-8-2-7-23-25/h1-4,7-8,11-13H,5-6,9-10,14H2,(H,22,24). The molecule has 7 heteroatoms. The molecule has 4 rings (SSSR count). The topological polar surface area (TPSA) is 64.9 Å². The SMILES string of the molecule is Brc1cccc(C2(CNc3cncc(-n4cccn4)n3)CCOCC2)c1. The molecule has 3 heterocycles. The summed E-state index contributed by atoms with van der Waals surface area (Å²) in [5.74, 6) is 1.45. The number of halogens is 1. The van der Waals surface area contributed by atoms with Crippen molar-refractivity contribution in [3.63, 3.8) is 0 Å². The van der Waals surface area contributed by atoms with Gasteiger partial charge < -0.3 is 10.1 Å². The summed E-state index contributed by atoms with van der Waals surface area (Å²) in [5, 5.41) is 7.70. The van der Waals surface area contributed by atoms with E-state index < -0.39 is 0 Å². The fraction of sp³-hybridized carbons (Fsp3) is 0.316. The Labute approximate surface area is 160 Å². The van der Waals surface area contributed by atoms with Gasteiger partial charge in [-0.05, 0) is 36.6 Å². The lowest BCUT2D eigenvalue weighted by Crippen LogP contribution is -2.40. The molecule has 0 spiro atoms. The largest absolute Gasteiger partial charge is 0.381 e. The maximum absolute atomic E-state index is 5.62. The summed E-state index contributed by atoms with van der Waals surface area (Å²) in [6.45, 7) is 2.32. The fourth-order valence-corrected chi connectivity index (χ4v) is 3.76. The van der Waals surface area contributed by atoms with Gasteiger partial charge in [-0.3, -0.25) is 4.98 Å². The van der Waals surface area contributed by atoms with E-state index >= 15 is 0 Å². The molecule has 0 saturated carbocycles. The number of anilines is 1. The van der Waals surface area contributed by atoms with Crippen LogP contribution in [0.1, 0.15) is 18.4 Å². The van der Waals surface area contributed by atoms with E-state index in [1.54, 1.807) is 23.3 Å². The minimum atomic E-state index is 0.0193. The Balaban J connectivity index is 1.57. The van der Waals surface area contributed by atoms with Crippen molar-refractivity contribution in [2.24, 2.45) is 0 Å². The molecule has 0 radical (unpaired) electrons. The Bertz CT molecular complexity index is 862. The van der Waals surface area contributed by atoms with Gasteiger partial charge in [0.05, 0.1) is 12.4 Å². The van der Waals surface area contributed by atoms with Gasteiger partial charge in [-0.1, -0.05) is 28.1 Å². The molecule has 0 unspecified atom stereocenters. The third kappa shape index (κ3) is 3.64. The van der Waals surface area contributed by atoms with E-state index in [0.29, 0.717) is 5.82 Å². The second-order valence-electron chi connectivity index (χ2n) is 6.47. The molecule has 1 saturated heterocycles. The van der Waals surface area contributed by atoms with Crippen LogP contribution in [0.25, 0.3) is 5.82 Å². The summed E-state index contributed by atoms with van der Waals surface area (Å²) in [4.78, 5) is 8.92. The molecule has 26 heavy (non-hydrogen) atoms. The van der Waals surface area contributed by atoms with Crippen LogP contribution in [-0.4, -0.2) is 39.5 Å². The number of rotatable bonds is 5. The minimum Gasteiger partial charge on any atom is -0.381 e. The summed E-state index contributed by atoms with van der Waals surface area (Å²) < 4.78 is 8.42. The average molecular weight is 414 g/mol. The first-order valence-corrected chi connectivity index (χ1v) is 9.44. The zero-order chi connectivity index (χ0) is 17.8. The summed E-state index contributed by atoms with van der Waals surface area (Å²) >= 11 is 3.60. The zero-order valence-electron chi connectivity index (χ0n) is 14.3. The average Bonchev–Trinajstić information content (AvgIpc) is 3.22. The summed E-state index contributed by atoms with van der Waals surface area (Å²) in [7, 11) is 0. The highest BCUT2D eigenvalue weighted by Crippen LogP contribution is 2.36. The van der Waals surface area contributed by atoms with E-state index in [4.69, 9.17) is 4.74 Å². The number of benzene rings is 1. The third-order valence-corrected chi connectivity index (χ3v) is 5.35. The Kier molecular flexibility index (Phi) is 4.99. The quantitative estimate of drug-likeness (QED) is 0.692. The molecule has 134 valence electrons. The predicted molar refractivity (Wildman–Crippen MR) is 104 cm³/mol. The van der Waals surface area contributed by atoms with E-state index in [2.05, 4.69) is 60.6 Å². The van der Waals surface area contributed by atoms with Crippen LogP contribution in [0, 0.1) is 0 Å². The van der Waals surface area contributed by atoms with Gasteiger partial charge in [0.1, 0.15) is 5.82 Å². The maximum Gasteiger partial charge on any atom is 0.173 e. The van der Waals surface area contributed by atoms with Crippen LogP contribution in [0.5, 0.6) is 0 Å². The second kappa shape index (κ2) is 7.55. The molecule has 1 aliphatic rings. The van der Waals surface area contributed by atoms with E-state index in [1.165, 1.54) is 5.56 Å². The summed E-state index contributed by atoms with van der Waals surface area (Å²) in [6, 6.07) is 10.4. The zero-order valence-corrected chi connectivity index (χ0v) is 15.9. The Morgan fingerprint density at radius 2 is 2.08 bits per heavy atom. The molecule has 6 nitrogen and oxygen atoms in total. The van der Waals surface area contributed by atoms with Gasteiger partial charge >= 0.3 is 0 Å². The molecule has 0 atom stereocenters. The molecule has 3 aromatic rings. The molecule has 1 N–H and O–H groups in total. The van der Waals surface area contributed by atoms with Crippen molar-refractivity contribution in [3.05, 3.63) is 65.2 Å². The third-order valence-electron chi connectivity index (χ3n) is 4.86. The van der Waals surface area contributed by atoms with Crippen LogP contribution in [0.15, 0.2) is 59.6 Å². The van der Waals surface area contributed by atoms with E-state index in [-0.39, 0.29) is 5.41 Å². The first kappa shape index (κ1) is 17.2. The molecular formula is C19H20BrN5O. The first-order chi connectivity index (χ1) is 12.8. The molecule has 0 amide bonds. The lowest BCUT2D eigenvalue weighted by molar-refractivity contribution is 0.0543. The van der Waals surface area contributed by atoms with Gasteiger partial charge in [0.15, 0.2) is 5.82 Å². The highest BCUT2D eigenvalue weighted by atomic mass is 79.9. The van der Waals surface area contributed by atoms with Crippen molar-refractivity contribution in [2.45, 2.75) is 18.3 Å². The number of hydrogen-bond donors (Lipinski definition) is 1. The second-order valence-corrected chi connectivity index (χ2v) is 7.39. The van der Waals surface area contributed by atoms with Crippen molar-refractivity contribution in [1.82, 2.24) is 19.7 Å². The van der Waals surface area contributed by atoms with Crippen molar-refractivity contribution in [1.29, 1.82) is 0 Å². The predicted octanol–water partition coefficient (Wildman–Crippen LogP) is 3.59. The number of ether oxygens (including phenoxy) is 1. The molecule has 1 aromatic carbocycles. The number of hydrogen-bond acceptors (Lipinski definition) is 5. The van der Waals surface area contributed by atoms with Crippen LogP contribution < -0.4 is 5.32 Å². The molecule has 1 fully saturated rings. The van der Waals surface area contributed by atoms with Gasteiger partial charge in [0.25, 0.3) is 0 Å². The Morgan fingerprint density at radius 1 is 1.19 bits per heavy atom. The summed E-state index contributed by atoms with van der Waals surface area (Å²) in [5.41, 5.74) is 1.34. The Hall–Kier alpha value is -2.25. The molecule has 0 bridgehead atoms. The van der Waals surface area contributed by atoms with E-state index in [1.807, 2.05) is 12.3 Å². The van der Waals surface area contributed by atoms with Gasteiger partial charge in [0.2, 0.25) is 0 Å². The van der Waals surface area contributed by atoms with Gasteiger partial charge in [0, 0.05) is 42.0 Å². The van der Waals surface area contributed by atoms with Crippen LogP contribution in [0.4, 0.5) is 5.82 Å². The molecule has 2 aromatic heterocycles. The van der Waals surface area contributed by atoms with Crippen molar-refractivity contribution < 1.29 is 4.74 Å². The van der Waals surface area contributed by atoms with Crippen LogP contribution in [-0.2, 0) is 10.2 Å². The van der Waals surface area contributed by atoms with Crippen molar-refractivity contribution in [2.75, 3.05) is 25.1 Å². The summed E-state index contributed by atoms with van der Waals surface area (Å²) in [6.07, 6.45) is 8.99.